The van der Waals surface area contributed by atoms with Gasteiger partial charge in [0, 0.05) is 27.0 Å². The van der Waals surface area contributed by atoms with Gasteiger partial charge in [-0.25, -0.2) is 0 Å². The van der Waals surface area contributed by atoms with Crippen LogP contribution in [-0.4, -0.2) is 17.7 Å². The number of hydrogen-bond acceptors (Lipinski definition) is 5. The highest BCUT2D eigenvalue weighted by Gasteiger charge is 2.38. The maximum Gasteiger partial charge on any atom is 0.300 e. The molecule has 0 aliphatic rings. The lowest BCUT2D eigenvalue weighted by atomic mass is 10.0. The Bertz CT molecular complexity index is 1890. The molecule has 0 heterocycles. The Balaban J connectivity index is 0.000000215. The molecule has 0 amide bonds. The van der Waals surface area contributed by atoms with Gasteiger partial charge in [0.1, 0.15) is 0 Å². The summed E-state index contributed by atoms with van der Waals surface area (Å²) >= 11 is 0. The summed E-state index contributed by atoms with van der Waals surface area (Å²) in [6.45, 7) is 13.5. The van der Waals surface area contributed by atoms with E-state index >= 15 is 0 Å². The number of benzene rings is 5. The summed E-state index contributed by atoms with van der Waals surface area (Å²) in [6, 6.07) is 34.7. The summed E-state index contributed by atoms with van der Waals surface area (Å²) in [5.41, 5.74) is 5.95. The van der Waals surface area contributed by atoms with Gasteiger partial charge in [-0.1, -0.05) is 114 Å². The second-order valence-corrected chi connectivity index (χ2v) is 16.7. The van der Waals surface area contributed by atoms with E-state index in [-0.39, 0.29) is 12.1 Å². The molecule has 0 bridgehead atoms. The molecule has 242 valence electrons. The van der Waals surface area contributed by atoms with Crippen molar-refractivity contribution in [3.8, 4) is 0 Å². The largest absolute Gasteiger partial charge is 0.320 e. The topological polar surface area (TPSA) is 77.5 Å². The molecule has 0 aliphatic heterocycles. The zero-order chi connectivity index (χ0) is 34.4. The van der Waals surface area contributed by atoms with Crippen molar-refractivity contribution in [2.45, 2.75) is 48.5 Å². The average Bonchev–Trinajstić information content (AvgIpc) is 3.05. The van der Waals surface area contributed by atoms with Crippen LogP contribution in [0.15, 0.2) is 115 Å². The molecule has 5 aromatic rings. The number of carbonyl (C=O) groups excluding carboxylic acids is 2. The minimum atomic E-state index is -3.59. The third kappa shape index (κ3) is 7.55. The zero-order valence-electron chi connectivity index (χ0n) is 28.1. The highest BCUT2D eigenvalue weighted by molar-refractivity contribution is 7.93. The first-order chi connectivity index (χ1) is 22.3. The normalized spacial score (nSPS) is 12.4. The van der Waals surface area contributed by atoms with Crippen molar-refractivity contribution >= 4 is 41.5 Å². The van der Waals surface area contributed by atoms with Crippen molar-refractivity contribution in [1.82, 2.24) is 0 Å². The molecular weight excluding hydrogens is 622 g/mol. The molecule has 0 saturated heterocycles. The van der Waals surface area contributed by atoms with Crippen LogP contribution in [0.25, 0.3) is 0 Å². The van der Waals surface area contributed by atoms with E-state index in [0.29, 0.717) is 27.0 Å². The van der Waals surface area contributed by atoms with Gasteiger partial charge in [-0.15, -0.1) is 0 Å². The highest BCUT2D eigenvalue weighted by Crippen LogP contribution is 2.50. The summed E-state index contributed by atoms with van der Waals surface area (Å²) in [4.78, 5) is 26.6. The number of hydrogen-bond donors (Lipinski definition) is 0. The minimum absolute atomic E-state index is 0.224. The Kier molecular flexibility index (Phi) is 11.5. The van der Waals surface area contributed by atoms with Crippen molar-refractivity contribution in [2.24, 2.45) is 0 Å². The fraction of sp³-hybridized carbons (Fsp3) is 0.200. The third-order valence-electron chi connectivity index (χ3n) is 7.98. The van der Waals surface area contributed by atoms with Crippen LogP contribution in [0.5, 0.6) is 0 Å². The predicted molar refractivity (Wildman–Crippen MR) is 195 cm³/mol. The van der Waals surface area contributed by atoms with Crippen molar-refractivity contribution < 1.29 is 23.2 Å². The fourth-order valence-electron chi connectivity index (χ4n) is 6.06. The lowest BCUT2D eigenvalue weighted by Gasteiger charge is -2.20. The van der Waals surface area contributed by atoms with E-state index in [0.717, 1.165) is 33.4 Å². The maximum absolute atomic E-state index is 14.2. The molecule has 5 aromatic carbocycles. The molecule has 0 aromatic heterocycles. The van der Waals surface area contributed by atoms with Gasteiger partial charge in [0.25, 0.3) is 5.52 Å². The van der Waals surface area contributed by atoms with Gasteiger partial charge in [-0.3, -0.25) is 14.2 Å². The number of rotatable bonds is 9. The molecule has 0 saturated carbocycles. The van der Waals surface area contributed by atoms with Crippen LogP contribution >= 0.6 is 14.5 Å². The van der Waals surface area contributed by atoms with Crippen molar-refractivity contribution in [1.29, 1.82) is 0 Å². The van der Waals surface area contributed by atoms with Crippen molar-refractivity contribution in [2.75, 3.05) is 6.61 Å². The molecule has 0 spiro atoms. The molecule has 5 nitrogen and oxygen atoms in total. The van der Waals surface area contributed by atoms with Gasteiger partial charge in [0.05, 0.1) is 6.61 Å². The Labute approximate surface area is 278 Å². The van der Waals surface area contributed by atoms with Crippen LogP contribution in [-0.2, 0) is 13.7 Å². The van der Waals surface area contributed by atoms with E-state index in [1.807, 2.05) is 108 Å². The maximum atomic E-state index is 14.2. The molecule has 0 radical (unpaired) electrons. The van der Waals surface area contributed by atoms with Gasteiger partial charge < -0.3 is 9.09 Å². The second-order valence-electron chi connectivity index (χ2n) is 11.7. The summed E-state index contributed by atoms with van der Waals surface area (Å²) in [7, 11) is -7.04. The Morgan fingerprint density at radius 1 is 0.511 bits per heavy atom. The molecule has 1 atom stereocenters. The van der Waals surface area contributed by atoms with E-state index in [1.54, 1.807) is 55.5 Å². The van der Waals surface area contributed by atoms with Crippen molar-refractivity contribution in [3.05, 3.63) is 160 Å². The molecule has 5 rings (SSSR count). The van der Waals surface area contributed by atoms with E-state index in [2.05, 4.69) is 0 Å². The first kappa shape index (κ1) is 35.7. The van der Waals surface area contributed by atoms with Gasteiger partial charge >= 0.3 is 7.37 Å². The van der Waals surface area contributed by atoms with Crippen LogP contribution in [0.1, 0.15) is 61.0 Å². The molecule has 0 fully saturated rings. The van der Waals surface area contributed by atoms with Crippen LogP contribution in [0.4, 0.5) is 0 Å². The standard InChI is InChI=1S/C22H21O2P.C18H21O3P/c1-16-14-17(2)21(18(3)15-16)22(23)25(24,19-10-6-4-7-11-19)20-12-8-5-9-13-20;1-5-21-22(20,16-9-7-6-8-10-16)18(19)17-14(3)11-13(2)12-15(17)4/h4-15H,1-3H3;6-12H,5H2,1-4H3. The van der Waals surface area contributed by atoms with Gasteiger partial charge in [-0.2, -0.15) is 0 Å². The van der Waals surface area contributed by atoms with Gasteiger partial charge in [0.2, 0.25) is 12.7 Å². The van der Waals surface area contributed by atoms with E-state index in [1.165, 1.54) is 0 Å². The van der Waals surface area contributed by atoms with E-state index in [4.69, 9.17) is 4.52 Å². The van der Waals surface area contributed by atoms with Gasteiger partial charge in [0.15, 0.2) is 0 Å². The second kappa shape index (κ2) is 15.2. The smallest absolute Gasteiger partial charge is 0.300 e. The Morgan fingerprint density at radius 3 is 1.17 bits per heavy atom. The fourth-order valence-corrected chi connectivity index (χ4v) is 10.8. The molecule has 0 N–H and O–H groups in total. The molecule has 7 heteroatoms. The highest BCUT2D eigenvalue weighted by atomic mass is 31.2. The first-order valence-corrected chi connectivity index (χ1v) is 18.9. The molecule has 0 aliphatic carbocycles. The molecular formula is C40H42O5P2. The van der Waals surface area contributed by atoms with E-state index < -0.39 is 20.0 Å². The first-order valence-electron chi connectivity index (χ1n) is 15.6. The Hall–Kier alpha value is -4.14. The zero-order valence-corrected chi connectivity index (χ0v) is 29.9. The summed E-state index contributed by atoms with van der Waals surface area (Å²) in [5, 5.41) is 1.59. The summed E-state index contributed by atoms with van der Waals surface area (Å²) in [5.74, 6) is 0. The minimum Gasteiger partial charge on any atom is -0.320 e. The van der Waals surface area contributed by atoms with E-state index in [9.17, 15) is 18.7 Å². The number of aryl methyl sites for hydroxylation is 6. The number of carbonyl (C=O) groups is 2. The Morgan fingerprint density at radius 2 is 0.830 bits per heavy atom. The summed E-state index contributed by atoms with van der Waals surface area (Å²) < 4.78 is 33.0. The van der Waals surface area contributed by atoms with Gasteiger partial charge in [-0.05, 0) is 82.9 Å². The lowest BCUT2D eigenvalue weighted by Crippen LogP contribution is -2.23. The average molecular weight is 665 g/mol. The lowest BCUT2D eigenvalue weighted by molar-refractivity contribution is 0.105. The third-order valence-corrected chi connectivity index (χ3v) is 13.2. The van der Waals surface area contributed by atoms with Crippen LogP contribution in [0, 0.1) is 41.5 Å². The van der Waals surface area contributed by atoms with Crippen LogP contribution in [0.2, 0.25) is 0 Å². The van der Waals surface area contributed by atoms with Crippen LogP contribution < -0.4 is 15.9 Å². The molecule has 47 heavy (non-hydrogen) atoms. The van der Waals surface area contributed by atoms with Crippen molar-refractivity contribution in [3.63, 3.8) is 0 Å². The predicted octanol–water partition coefficient (Wildman–Crippen LogP) is 9.16. The summed E-state index contributed by atoms with van der Waals surface area (Å²) in [6.07, 6.45) is 0. The molecule has 1 unspecified atom stereocenters. The van der Waals surface area contributed by atoms with Crippen LogP contribution in [0.3, 0.4) is 0 Å². The SMILES string of the molecule is CCOP(=O)(C(=O)c1c(C)cc(C)cc1C)c1ccccc1.Cc1cc(C)c(C(=O)P(=O)(c2ccccc2)c2ccccc2)c(C)c1. The quantitative estimate of drug-likeness (QED) is 0.147. The monoisotopic (exact) mass is 664 g/mol.